The summed E-state index contributed by atoms with van der Waals surface area (Å²) >= 11 is 0. The molecule has 1 heterocycles. The molecule has 0 saturated carbocycles. The van der Waals surface area contributed by atoms with Gasteiger partial charge in [0.15, 0.2) is 0 Å². The molecule has 0 radical (unpaired) electrons. The number of nitrogens with zero attached hydrogens (tertiary/aromatic N) is 1. The maximum atomic E-state index is 5.72. The third kappa shape index (κ3) is 5.83. The lowest BCUT2D eigenvalue weighted by molar-refractivity contribution is -0.0681. The lowest BCUT2D eigenvalue weighted by Crippen LogP contribution is -2.45. The van der Waals surface area contributed by atoms with Crippen molar-refractivity contribution in [1.82, 2.24) is 4.90 Å². The molecule has 16 heavy (non-hydrogen) atoms. The van der Waals surface area contributed by atoms with Gasteiger partial charge >= 0.3 is 0 Å². The van der Waals surface area contributed by atoms with E-state index in [9.17, 15) is 0 Å². The molecular weight excluding hydrogens is 200 g/mol. The third-order valence-corrected chi connectivity index (χ3v) is 3.17. The molecule has 2 atom stereocenters. The molecule has 0 bridgehead atoms. The first kappa shape index (κ1) is 13.9. The number of hydrogen-bond acceptors (Lipinski definition) is 3. The summed E-state index contributed by atoms with van der Waals surface area (Å²) in [7, 11) is 0. The smallest absolute Gasteiger partial charge is 0.0678 e. The van der Waals surface area contributed by atoms with Crippen molar-refractivity contribution in [2.75, 3.05) is 26.2 Å². The van der Waals surface area contributed by atoms with Crippen LogP contribution in [0.25, 0.3) is 0 Å². The van der Waals surface area contributed by atoms with Crippen LogP contribution in [-0.4, -0.2) is 43.3 Å². The summed E-state index contributed by atoms with van der Waals surface area (Å²) in [6, 6.07) is 0. The minimum atomic E-state index is 0.404. The maximum Gasteiger partial charge on any atom is 0.0678 e. The zero-order valence-electron chi connectivity index (χ0n) is 11.0. The summed E-state index contributed by atoms with van der Waals surface area (Å²) in [4.78, 5) is 2.54. The molecule has 3 heteroatoms. The highest BCUT2D eigenvalue weighted by molar-refractivity contribution is 4.72. The molecule has 1 fully saturated rings. The van der Waals surface area contributed by atoms with E-state index in [0.29, 0.717) is 12.2 Å². The number of nitrogens with two attached hydrogens (primary N) is 1. The molecule has 0 aromatic carbocycles. The Bertz CT molecular complexity index is 165. The van der Waals surface area contributed by atoms with Gasteiger partial charge in [-0.15, -0.1) is 0 Å². The largest absolute Gasteiger partial charge is 0.373 e. The molecular formula is C13H28N2O. The number of rotatable bonds is 7. The summed E-state index contributed by atoms with van der Waals surface area (Å²) in [6.45, 7) is 8.63. The minimum Gasteiger partial charge on any atom is -0.373 e. The molecule has 0 aromatic rings. The van der Waals surface area contributed by atoms with Gasteiger partial charge < -0.3 is 10.5 Å². The summed E-state index contributed by atoms with van der Waals surface area (Å²) < 4.78 is 5.72. The number of hydrogen-bond donors (Lipinski definition) is 1. The van der Waals surface area contributed by atoms with Crippen LogP contribution in [0.1, 0.15) is 46.0 Å². The fraction of sp³-hybridized carbons (Fsp3) is 1.00. The SMILES string of the molecule is CC1CN(CCCCCCCN)CC(C)O1. The van der Waals surface area contributed by atoms with Gasteiger partial charge in [0.1, 0.15) is 0 Å². The molecule has 0 spiro atoms. The third-order valence-electron chi connectivity index (χ3n) is 3.17. The zero-order valence-corrected chi connectivity index (χ0v) is 11.0. The van der Waals surface area contributed by atoms with Crippen molar-refractivity contribution in [2.45, 2.75) is 58.2 Å². The Morgan fingerprint density at radius 1 is 1.00 bits per heavy atom. The predicted molar refractivity (Wildman–Crippen MR) is 68.6 cm³/mol. The Labute approximate surface area is 100 Å². The van der Waals surface area contributed by atoms with Gasteiger partial charge in [-0.3, -0.25) is 4.90 Å². The van der Waals surface area contributed by atoms with Crippen LogP contribution in [0.15, 0.2) is 0 Å². The van der Waals surface area contributed by atoms with E-state index in [1.54, 1.807) is 0 Å². The summed E-state index contributed by atoms with van der Waals surface area (Å²) in [5.74, 6) is 0. The second-order valence-electron chi connectivity index (χ2n) is 5.07. The van der Waals surface area contributed by atoms with Crippen molar-refractivity contribution in [2.24, 2.45) is 5.73 Å². The fourth-order valence-corrected chi connectivity index (χ4v) is 2.48. The second kappa shape index (κ2) is 8.04. The summed E-state index contributed by atoms with van der Waals surface area (Å²) in [5, 5.41) is 0. The summed E-state index contributed by atoms with van der Waals surface area (Å²) in [6.07, 6.45) is 7.30. The van der Waals surface area contributed by atoms with Gasteiger partial charge in [0, 0.05) is 13.1 Å². The Kier molecular flexibility index (Phi) is 7.01. The van der Waals surface area contributed by atoms with E-state index in [2.05, 4.69) is 18.7 Å². The average molecular weight is 228 g/mol. The highest BCUT2D eigenvalue weighted by Crippen LogP contribution is 2.12. The van der Waals surface area contributed by atoms with Crippen molar-refractivity contribution in [3.63, 3.8) is 0 Å². The minimum absolute atomic E-state index is 0.404. The Balaban J connectivity index is 1.99. The predicted octanol–water partition coefficient (Wildman–Crippen LogP) is 2.00. The number of morpholine rings is 1. The van der Waals surface area contributed by atoms with Gasteiger partial charge in [0.2, 0.25) is 0 Å². The van der Waals surface area contributed by atoms with Gasteiger partial charge in [-0.1, -0.05) is 19.3 Å². The van der Waals surface area contributed by atoms with Crippen LogP contribution < -0.4 is 5.73 Å². The van der Waals surface area contributed by atoms with E-state index in [-0.39, 0.29) is 0 Å². The van der Waals surface area contributed by atoms with Crippen LogP contribution in [0.2, 0.25) is 0 Å². The van der Waals surface area contributed by atoms with Crippen LogP contribution in [0.4, 0.5) is 0 Å². The lowest BCUT2D eigenvalue weighted by Gasteiger charge is -2.35. The number of ether oxygens (including phenoxy) is 1. The molecule has 1 saturated heterocycles. The van der Waals surface area contributed by atoms with E-state index < -0.39 is 0 Å². The van der Waals surface area contributed by atoms with Crippen molar-refractivity contribution >= 4 is 0 Å². The van der Waals surface area contributed by atoms with Gasteiger partial charge in [0.05, 0.1) is 12.2 Å². The first-order valence-corrected chi connectivity index (χ1v) is 6.80. The summed E-state index contributed by atoms with van der Waals surface area (Å²) in [5.41, 5.74) is 5.47. The van der Waals surface area contributed by atoms with Crippen LogP contribution in [0, 0.1) is 0 Å². The molecule has 1 aliphatic heterocycles. The molecule has 2 unspecified atom stereocenters. The van der Waals surface area contributed by atoms with Crippen LogP contribution in [0.3, 0.4) is 0 Å². The van der Waals surface area contributed by atoms with Gasteiger partial charge in [-0.25, -0.2) is 0 Å². The normalized spacial score (nSPS) is 27.2. The van der Waals surface area contributed by atoms with E-state index in [1.165, 1.54) is 38.6 Å². The van der Waals surface area contributed by atoms with Crippen LogP contribution in [0.5, 0.6) is 0 Å². The van der Waals surface area contributed by atoms with E-state index >= 15 is 0 Å². The first-order valence-electron chi connectivity index (χ1n) is 6.80. The quantitative estimate of drug-likeness (QED) is 0.677. The molecule has 3 nitrogen and oxygen atoms in total. The topological polar surface area (TPSA) is 38.5 Å². The molecule has 0 amide bonds. The van der Waals surface area contributed by atoms with Crippen molar-refractivity contribution in [3.8, 4) is 0 Å². The Morgan fingerprint density at radius 2 is 1.56 bits per heavy atom. The van der Waals surface area contributed by atoms with E-state index in [4.69, 9.17) is 10.5 Å². The first-order chi connectivity index (χ1) is 7.72. The maximum absolute atomic E-state index is 5.72. The van der Waals surface area contributed by atoms with Gasteiger partial charge in [-0.2, -0.15) is 0 Å². The van der Waals surface area contributed by atoms with E-state index in [1.807, 2.05) is 0 Å². The Morgan fingerprint density at radius 3 is 2.19 bits per heavy atom. The molecule has 1 rings (SSSR count). The molecule has 2 N–H and O–H groups in total. The van der Waals surface area contributed by atoms with Crippen molar-refractivity contribution in [3.05, 3.63) is 0 Å². The van der Waals surface area contributed by atoms with Crippen molar-refractivity contribution in [1.29, 1.82) is 0 Å². The zero-order chi connectivity index (χ0) is 11.8. The van der Waals surface area contributed by atoms with Crippen molar-refractivity contribution < 1.29 is 4.74 Å². The molecule has 1 aliphatic rings. The fourth-order valence-electron chi connectivity index (χ4n) is 2.48. The highest BCUT2D eigenvalue weighted by Gasteiger charge is 2.21. The van der Waals surface area contributed by atoms with Gasteiger partial charge in [-0.05, 0) is 39.8 Å². The Hall–Kier alpha value is -0.120. The standard InChI is InChI=1S/C13H28N2O/c1-12-10-15(11-13(2)16-12)9-7-5-3-4-6-8-14/h12-13H,3-11,14H2,1-2H3. The van der Waals surface area contributed by atoms with E-state index in [0.717, 1.165) is 19.6 Å². The van der Waals surface area contributed by atoms with Gasteiger partial charge in [0.25, 0.3) is 0 Å². The molecule has 0 aliphatic carbocycles. The van der Waals surface area contributed by atoms with Crippen LogP contribution in [-0.2, 0) is 4.74 Å². The molecule has 96 valence electrons. The second-order valence-corrected chi connectivity index (χ2v) is 5.07. The molecule has 0 aromatic heterocycles. The number of unbranched alkanes of at least 4 members (excludes halogenated alkanes) is 4. The monoisotopic (exact) mass is 228 g/mol. The lowest BCUT2D eigenvalue weighted by atomic mass is 10.1. The van der Waals surface area contributed by atoms with Crippen LogP contribution >= 0.6 is 0 Å². The average Bonchev–Trinajstić information content (AvgIpc) is 2.22. The highest BCUT2D eigenvalue weighted by atomic mass is 16.5.